The molecule has 1 unspecified atom stereocenters. The van der Waals surface area contributed by atoms with E-state index < -0.39 is 37.5 Å². The Morgan fingerprint density at radius 2 is 1.65 bits per heavy atom. The topological polar surface area (TPSA) is 169 Å². The second kappa shape index (κ2) is 21.3. The van der Waals surface area contributed by atoms with E-state index >= 15 is 4.39 Å². The molecule has 0 bridgehead atoms. The summed E-state index contributed by atoms with van der Waals surface area (Å²) < 4.78 is 81.2. The molecule has 0 saturated carbocycles. The zero-order chi connectivity index (χ0) is 40.1. The van der Waals surface area contributed by atoms with E-state index in [2.05, 4.69) is 26.1 Å². The number of unbranched alkanes of at least 4 members (excludes halogenated alkanes) is 2. The van der Waals surface area contributed by atoms with Gasteiger partial charge in [-0.3, -0.25) is 14.5 Å². The normalized spacial score (nSPS) is 17.7. The molecule has 2 saturated heterocycles. The molecular weight excluding hydrogens is 841 g/mol. The molecule has 2 aliphatic rings. The number of nitrogens with zero attached hydrogens (tertiary/aromatic N) is 3. The van der Waals surface area contributed by atoms with E-state index in [1.54, 1.807) is 48.2 Å². The number of hydrogen-bond donors (Lipinski definition) is 2. The van der Waals surface area contributed by atoms with E-state index in [1.807, 2.05) is 0 Å². The Balaban J connectivity index is 1.15. The number of carbonyl (C=O) groups is 2. The third kappa shape index (κ3) is 13.6. The minimum absolute atomic E-state index is 0.0197. The molecule has 2 aliphatic heterocycles. The number of nitrogens with one attached hydrogen (secondary N) is 1. The van der Waals surface area contributed by atoms with E-state index in [1.165, 1.54) is 16.4 Å². The van der Waals surface area contributed by atoms with Crippen molar-refractivity contribution >= 4 is 59.2 Å². The Morgan fingerprint density at radius 3 is 2.35 bits per heavy atom. The summed E-state index contributed by atoms with van der Waals surface area (Å²) in [6, 6.07) is 10.9. The van der Waals surface area contributed by atoms with Gasteiger partial charge in [0.05, 0.1) is 30.5 Å². The van der Waals surface area contributed by atoms with Crippen molar-refractivity contribution in [2.24, 2.45) is 5.73 Å². The predicted octanol–water partition coefficient (Wildman–Crippen LogP) is 4.00. The molecule has 2 aromatic rings. The lowest BCUT2D eigenvalue weighted by molar-refractivity contribution is -0.138. The summed E-state index contributed by atoms with van der Waals surface area (Å²) in [5.41, 5.74) is 3.97. The highest BCUT2D eigenvalue weighted by molar-refractivity contribution is 9.10. The van der Waals surface area contributed by atoms with Crippen LogP contribution >= 0.6 is 27.5 Å². The number of rotatable bonds is 20. The number of nitrogens with two attached hydrogens (primary N) is 1. The Morgan fingerprint density at radius 1 is 0.964 bits per heavy atom. The molecule has 2 aromatic carbocycles. The van der Waals surface area contributed by atoms with Crippen molar-refractivity contribution in [1.29, 1.82) is 0 Å². The summed E-state index contributed by atoms with van der Waals surface area (Å²) in [6.07, 6.45) is 2.58. The van der Waals surface area contributed by atoms with Crippen molar-refractivity contribution in [3.63, 3.8) is 0 Å². The summed E-state index contributed by atoms with van der Waals surface area (Å²) in [4.78, 5) is 29.4. The van der Waals surface area contributed by atoms with E-state index in [9.17, 15) is 26.4 Å². The highest BCUT2D eigenvalue weighted by atomic mass is 79.9. The first-order chi connectivity index (χ1) is 26.1. The number of carbonyl (C=O) groups excluding carboxylic acids is 2. The van der Waals surface area contributed by atoms with Crippen LogP contribution in [0.25, 0.3) is 11.1 Å². The fourth-order valence-corrected chi connectivity index (χ4v) is 9.79. The summed E-state index contributed by atoms with van der Waals surface area (Å²) in [5.74, 6) is -1.02. The third-order valence-electron chi connectivity index (χ3n) is 9.57. The number of sulfone groups is 1. The number of piperidine rings is 1. The van der Waals surface area contributed by atoms with Gasteiger partial charge in [-0.2, -0.15) is 4.31 Å². The molecule has 3 N–H and O–H groups in total. The number of halogens is 3. The lowest BCUT2D eigenvalue weighted by atomic mass is 9.93. The number of alkyl halides is 1. The van der Waals surface area contributed by atoms with E-state index in [4.69, 9.17) is 26.8 Å². The van der Waals surface area contributed by atoms with Gasteiger partial charge < -0.3 is 25.4 Å². The van der Waals surface area contributed by atoms with Crippen LogP contribution < -0.4 is 11.1 Å². The molecule has 2 heterocycles. The van der Waals surface area contributed by atoms with Crippen LogP contribution in [-0.2, 0) is 38.9 Å². The van der Waals surface area contributed by atoms with Gasteiger partial charge in [-0.05, 0) is 50.6 Å². The zero-order valence-electron chi connectivity index (χ0n) is 31.1. The summed E-state index contributed by atoms with van der Waals surface area (Å²) >= 11 is 9.79. The second-order valence-corrected chi connectivity index (χ2v) is 18.9. The molecule has 0 aromatic heterocycles. The molecule has 18 heteroatoms. The highest BCUT2D eigenvalue weighted by Crippen LogP contribution is 2.38. The van der Waals surface area contributed by atoms with Gasteiger partial charge in [-0.15, -0.1) is 0 Å². The van der Waals surface area contributed by atoms with Crippen LogP contribution in [0.5, 0.6) is 0 Å². The maximum Gasteiger partial charge on any atom is 0.258 e. The van der Waals surface area contributed by atoms with Crippen LogP contribution in [-0.4, -0.2) is 139 Å². The second-order valence-electron chi connectivity index (χ2n) is 13.7. The largest absolute Gasteiger partial charge is 0.378 e. The molecule has 0 spiro atoms. The Labute approximate surface area is 337 Å². The van der Waals surface area contributed by atoms with Crippen LogP contribution in [0.1, 0.15) is 39.0 Å². The van der Waals surface area contributed by atoms with Gasteiger partial charge in [0.2, 0.25) is 15.9 Å². The van der Waals surface area contributed by atoms with Crippen LogP contribution in [0.3, 0.4) is 0 Å². The monoisotopic (exact) mass is 891 g/mol. The average Bonchev–Trinajstić information content (AvgIpc) is 3.15. The molecule has 55 heavy (non-hydrogen) atoms. The lowest BCUT2D eigenvalue weighted by Gasteiger charge is -2.35. The van der Waals surface area contributed by atoms with Gasteiger partial charge in [-0.25, -0.2) is 21.2 Å². The summed E-state index contributed by atoms with van der Waals surface area (Å²) in [5, 5.41) is 3.97. The highest BCUT2D eigenvalue weighted by Gasteiger charge is 2.45. The number of amides is 2. The van der Waals surface area contributed by atoms with Gasteiger partial charge in [-0.1, -0.05) is 58.2 Å². The molecule has 306 valence electrons. The standard InChI is InChI=1S/C37H52BrClFN5O8S2/c1-29(11-26-54(48,49)25-6-2-5-15-43-18-20-44(21-19-43)35(46)28-53-24-23-52-22-14-41)42-36(47)37(40)12-16-45(17-13-37)55(50,51)34-10-9-30(38)27-32(34)31-7-3-4-8-33(31)39/h3-4,7-11,26-27,29H,2,5-6,12-25,28,41H2,1H3,(H,42,47). The SMILES string of the molecule is CC(C=CS(=O)(=O)CCCCCN1CCN(C(=O)COCCOCCN)CC1)NC(=O)C1(F)CCN(S(=O)(=O)c2ccc(Br)cc2-c2ccccc2Cl)CC1. The first-order valence-electron chi connectivity index (χ1n) is 18.5. The van der Waals surface area contributed by atoms with Crippen molar-refractivity contribution in [2.45, 2.75) is 55.6 Å². The maximum atomic E-state index is 15.9. The zero-order valence-corrected chi connectivity index (χ0v) is 35.1. The minimum Gasteiger partial charge on any atom is -0.378 e. The van der Waals surface area contributed by atoms with Gasteiger partial charge in [0.25, 0.3) is 5.91 Å². The van der Waals surface area contributed by atoms with Crippen molar-refractivity contribution < 1.29 is 40.3 Å². The average molecular weight is 893 g/mol. The van der Waals surface area contributed by atoms with Crippen molar-refractivity contribution in [3.05, 3.63) is 63.4 Å². The smallest absolute Gasteiger partial charge is 0.258 e. The Hall–Kier alpha value is -2.48. The number of sulfonamides is 1. The Kier molecular flexibility index (Phi) is 17.5. The lowest BCUT2D eigenvalue weighted by Crippen LogP contribution is -2.53. The summed E-state index contributed by atoms with van der Waals surface area (Å²) in [7, 11) is -7.63. The molecule has 0 aliphatic carbocycles. The van der Waals surface area contributed by atoms with Crippen LogP contribution in [0, 0.1) is 0 Å². The minimum atomic E-state index is -4.07. The number of piperazine rings is 1. The molecule has 4 rings (SSSR count). The van der Waals surface area contributed by atoms with Gasteiger partial charge in [0, 0.05) is 90.7 Å². The maximum absolute atomic E-state index is 15.9. The number of ether oxygens (including phenoxy) is 2. The van der Waals surface area contributed by atoms with Crippen LogP contribution in [0.4, 0.5) is 4.39 Å². The summed E-state index contributed by atoms with van der Waals surface area (Å²) in [6.45, 7) is 6.28. The van der Waals surface area contributed by atoms with E-state index in [0.717, 1.165) is 31.5 Å². The molecule has 1 atom stereocenters. The molecular formula is C37H52BrClFN5O8S2. The van der Waals surface area contributed by atoms with E-state index in [0.29, 0.717) is 72.9 Å². The molecule has 2 amide bonds. The molecule has 2 fully saturated rings. The van der Waals surface area contributed by atoms with Crippen LogP contribution in [0.15, 0.2) is 63.3 Å². The molecule has 13 nitrogen and oxygen atoms in total. The number of hydrogen-bond acceptors (Lipinski definition) is 10. The predicted molar refractivity (Wildman–Crippen MR) is 215 cm³/mol. The Bertz CT molecular complexity index is 1840. The molecule has 0 radical (unpaired) electrons. The third-order valence-corrected chi connectivity index (χ3v) is 13.8. The van der Waals surface area contributed by atoms with E-state index in [-0.39, 0.29) is 49.1 Å². The van der Waals surface area contributed by atoms with Gasteiger partial charge >= 0.3 is 0 Å². The van der Waals surface area contributed by atoms with Gasteiger partial charge in [0.1, 0.15) is 6.61 Å². The fourth-order valence-electron chi connectivity index (χ4n) is 6.34. The van der Waals surface area contributed by atoms with Crippen molar-refractivity contribution in [1.82, 2.24) is 19.4 Å². The van der Waals surface area contributed by atoms with Gasteiger partial charge in [0.15, 0.2) is 15.5 Å². The van der Waals surface area contributed by atoms with Crippen molar-refractivity contribution in [3.8, 4) is 11.1 Å². The quantitative estimate of drug-likeness (QED) is 0.186. The van der Waals surface area contributed by atoms with Crippen molar-refractivity contribution in [2.75, 3.05) is 84.5 Å². The first-order valence-corrected chi connectivity index (χ1v) is 22.8. The number of benzene rings is 2. The first kappa shape index (κ1) is 45.2. The fraction of sp³-hybridized carbons (Fsp3) is 0.568. The van der Waals surface area contributed by atoms with Crippen LogP contribution in [0.2, 0.25) is 5.02 Å².